The van der Waals surface area contributed by atoms with E-state index < -0.39 is 11.6 Å². The van der Waals surface area contributed by atoms with Gasteiger partial charge in [0.25, 0.3) is 0 Å². The molecule has 0 spiro atoms. The minimum atomic E-state index is -0.968. The maximum Gasteiger partial charge on any atom is 0.201 e. The predicted octanol–water partition coefficient (Wildman–Crippen LogP) is 6.30. The van der Waals surface area contributed by atoms with Crippen molar-refractivity contribution in [3.63, 3.8) is 0 Å². The predicted molar refractivity (Wildman–Crippen MR) is 99.0 cm³/mol. The number of hydrogen-bond donors (Lipinski definition) is 0. The normalized spacial score (nSPS) is 10.8. The summed E-state index contributed by atoms with van der Waals surface area (Å²) in [6, 6.07) is 15.1. The van der Waals surface area contributed by atoms with Gasteiger partial charge in [0.05, 0.1) is 0 Å². The minimum absolute atomic E-state index is 0.0958. The van der Waals surface area contributed by atoms with Crippen LogP contribution >= 0.6 is 0 Å². The molecule has 0 saturated heterocycles. The molecule has 0 heterocycles. The largest absolute Gasteiger partial charge is 0.486 e. The third-order valence-corrected chi connectivity index (χ3v) is 4.17. The van der Waals surface area contributed by atoms with E-state index in [1.807, 2.05) is 18.2 Å². The van der Waals surface area contributed by atoms with Crippen LogP contribution in [0.3, 0.4) is 0 Å². The molecule has 0 aliphatic rings. The Kier molecular flexibility index (Phi) is 5.13. The summed E-state index contributed by atoms with van der Waals surface area (Å²) in [6.07, 6.45) is 3.62. The van der Waals surface area contributed by atoms with Gasteiger partial charge in [0.1, 0.15) is 6.61 Å². The summed E-state index contributed by atoms with van der Waals surface area (Å²) in [4.78, 5) is 0. The molecule has 0 radical (unpaired) electrons. The van der Waals surface area contributed by atoms with Gasteiger partial charge in [-0.05, 0) is 40.6 Å². The Bertz CT molecular complexity index is 898. The van der Waals surface area contributed by atoms with Gasteiger partial charge in [-0.3, -0.25) is 0 Å². The lowest BCUT2D eigenvalue weighted by atomic mass is 9.99. The molecular formula is C22H20F2O. The van der Waals surface area contributed by atoms with Crippen LogP contribution in [0.2, 0.25) is 0 Å². The van der Waals surface area contributed by atoms with Crippen LogP contribution in [-0.2, 0) is 6.42 Å². The fraction of sp³-hybridized carbons (Fsp3) is 0.182. The van der Waals surface area contributed by atoms with Crippen LogP contribution in [0.4, 0.5) is 8.78 Å². The highest BCUT2D eigenvalue weighted by molar-refractivity contribution is 5.89. The molecule has 128 valence electrons. The van der Waals surface area contributed by atoms with Crippen LogP contribution < -0.4 is 4.74 Å². The van der Waals surface area contributed by atoms with Crippen LogP contribution in [0.5, 0.6) is 5.75 Å². The van der Waals surface area contributed by atoms with Crippen molar-refractivity contribution in [3.8, 4) is 16.9 Å². The number of hydrogen-bond acceptors (Lipinski definition) is 1. The zero-order valence-electron chi connectivity index (χ0n) is 14.2. The van der Waals surface area contributed by atoms with E-state index in [0.717, 1.165) is 24.0 Å². The van der Waals surface area contributed by atoms with Crippen molar-refractivity contribution >= 4 is 10.8 Å². The van der Waals surface area contributed by atoms with Gasteiger partial charge < -0.3 is 4.74 Å². The molecule has 3 aromatic carbocycles. The summed E-state index contributed by atoms with van der Waals surface area (Å²) >= 11 is 0. The maximum atomic E-state index is 14.5. The average Bonchev–Trinajstić information content (AvgIpc) is 2.64. The summed E-state index contributed by atoms with van der Waals surface area (Å²) in [5, 5.41) is 0.850. The lowest BCUT2D eigenvalue weighted by molar-refractivity contribution is 0.334. The summed E-state index contributed by atoms with van der Waals surface area (Å²) in [5.41, 5.74) is 3.11. The van der Waals surface area contributed by atoms with E-state index in [1.54, 1.807) is 12.1 Å². The Hall–Kier alpha value is -2.68. The Morgan fingerprint density at radius 2 is 1.68 bits per heavy atom. The smallest absolute Gasteiger partial charge is 0.201 e. The summed E-state index contributed by atoms with van der Waals surface area (Å²) < 4.78 is 33.9. The first kappa shape index (κ1) is 17.2. The Balaban J connectivity index is 2.01. The number of ether oxygens (including phenoxy) is 1. The highest BCUT2D eigenvalue weighted by Gasteiger charge is 2.15. The molecule has 0 saturated carbocycles. The molecule has 1 nitrogen and oxygen atoms in total. The third-order valence-electron chi connectivity index (χ3n) is 4.17. The van der Waals surface area contributed by atoms with E-state index >= 15 is 0 Å². The molecule has 0 atom stereocenters. The van der Waals surface area contributed by atoms with Gasteiger partial charge in [0, 0.05) is 5.39 Å². The second-order valence-corrected chi connectivity index (χ2v) is 5.99. The molecule has 0 N–H and O–H groups in total. The van der Waals surface area contributed by atoms with Crippen molar-refractivity contribution < 1.29 is 13.5 Å². The molecule has 3 rings (SSSR count). The molecule has 0 aliphatic carbocycles. The molecule has 0 aliphatic heterocycles. The summed E-state index contributed by atoms with van der Waals surface area (Å²) in [7, 11) is 0. The fourth-order valence-corrected chi connectivity index (χ4v) is 2.89. The Labute approximate surface area is 146 Å². The average molecular weight is 338 g/mol. The monoisotopic (exact) mass is 338 g/mol. The highest BCUT2D eigenvalue weighted by atomic mass is 19.2. The van der Waals surface area contributed by atoms with E-state index in [-0.39, 0.29) is 17.7 Å². The first-order chi connectivity index (χ1) is 12.1. The first-order valence-electron chi connectivity index (χ1n) is 8.38. The first-order valence-corrected chi connectivity index (χ1v) is 8.38. The molecule has 0 unspecified atom stereocenters. The Morgan fingerprint density at radius 3 is 2.36 bits per heavy atom. The van der Waals surface area contributed by atoms with Crippen molar-refractivity contribution in [1.29, 1.82) is 0 Å². The number of fused-ring (bicyclic) bond motifs is 1. The maximum absolute atomic E-state index is 14.5. The number of rotatable bonds is 6. The SMILES string of the molecule is C=CCOc1cc2ccc(-c3ccc(CCC)cc3)cc2c(F)c1F. The van der Waals surface area contributed by atoms with Gasteiger partial charge in [0.2, 0.25) is 5.82 Å². The van der Waals surface area contributed by atoms with Gasteiger partial charge in [-0.25, -0.2) is 4.39 Å². The molecular weight excluding hydrogens is 318 g/mol. The number of aryl methyl sites for hydroxylation is 1. The van der Waals surface area contributed by atoms with E-state index in [2.05, 4.69) is 25.6 Å². The number of halogens is 2. The third kappa shape index (κ3) is 3.55. The molecule has 0 amide bonds. The van der Waals surface area contributed by atoms with Gasteiger partial charge in [-0.15, -0.1) is 0 Å². The molecule has 3 heteroatoms. The molecule has 0 aromatic heterocycles. The van der Waals surface area contributed by atoms with Crippen LogP contribution in [0.25, 0.3) is 21.9 Å². The lowest BCUT2D eigenvalue weighted by Crippen LogP contribution is -1.98. The summed E-state index contributed by atoms with van der Waals surface area (Å²) in [5.74, 6) is -1.95. The topological polar surface area (TPSA) is 9.23 Å². The second kappa shape index (κ2) is 7.47. The van der Waals surface area contributed by atoms with Gasteiger partial charge in [-0.2, -0.15) is 4.39 Å². The van der Waals surface area contributed by atoms with Crippen molar-refractivity contribution in [2.45, 2.75) is 19.8 Å². The Morgan fingerprint density at radius 1 is 0.960 bits per heavy atom. The number of benzene rings is 3. The lowest BCUT2D eigenvalue weighted by Gasteiger charge is -2.10. The second-order valence-electron chi connectivity index (χ2n) is 5.99. The zero-order valence-corrected chi connectivity index (χ0v) is 14.2. The fourth-order valence-electron chi connectivity index (χ4n) is 2.89. The van der Waals surface area contributed by atoms with Crippen LogP contribution in [0.1, 0.15) is 18.9 Å². The standard InChI is InChI=1S/C22H20F2O/c1-3-5-15-6-8-16(9-7-15)17-10-11-18-14-20(25-12-4-2)22(24)21(23)19(18)13-17/h4,6-11,13-14H,2-3,5,12H2,1H3. The van der Waals surface area contributed by atoms with Crippen LogP contribution in [0.15, 0.2) is 61.2 Å². The summed E-state index contributed by atoms with van der Waals surface area (Å²) in [6.45, 7) is 5.78. The van der Waals surface area contributed by atoms with Gasteiger partial charge in [0.15, 0.2) is 11.6 Å². The van der Waals surface area contributed by atoms with E-state index in [0.29, 0.717) is 5.39 Å². The molecule has 0 fully saturated rings. The molecule has 3 aromatic rings. The molecule has 0 bridgehead atoms. The van der Waals surface area contributed by atoms with Crippen molar-refractivity contribution in [1.82, 2.24) is 0 Å². The van der Waals surface area contributed by atoms with Crippen molar-refractivity contribution in [2.24, 2.45) is 0 Å². The molecule has 25 heavy (non-hydrogen) atoms. The quantitative estimate of drug-likeness (QED) is 0.479. The van der Waals surface area contributed by atoms with Crippen molar-refractivity contribution in [2.75, 3.05) is 6.61 Å². The minimum Gasteiger partial charge on any atom is -0.486 e. The van der Waals surface area contributed by atoms with Crippen molar-refractivity contribution in [3.05, 3.63) is 78.4 Å². The van der Waals surface area contributed by atoms with Crippen LogP contribution in [0, 0.1) is 11.6 Å². The van der Waals surface area contributed by atoms with Crippen LogP contribution in [-0.4, -0.2) is 6.61 Å². The van der Waals surface area contributed by atoms with E-state index in [1.165, 1.54) is 17.7 Å². The van der Waals surface area contributed by atoms with E-state index in [9.17, 15) is 8.78 Å². The highest BCUT2D eigenvalue weighted by Crippen LogP contribution is 2.32. The van der Waals surface area contributed by atoms with Gasteiger partial charge in [-0.1, -0.05) is 62.4 Å². The zero-order chi connectivity index (χ0) is 17.8. The van der Waals surface area contributed by atoms with E-state index in [4.69, 9.17) is 4.74 Å². The van der Waals surface area contributed by atoms with Gasteiger partial charge >= 0.3 is 0 Å².